The molecule has 0 spiro atoms. The Morgan fingerprint density at radius 1 is 1.00 bits per heavy atom. The van der Waals surface area contributed by atoms with E-state index in [1.54, 1.807) is 0 Å². The highest BCUT2D eigenvalue weighted by Crippen LogP contribution is 2.32. The Bertz CT molecular complexity index is 1450. The van der Waals surface area contributed by atoms with Crippen LogP contribution in [0.1, 0.15) is 58.7 Å². The largest absolute Gasteiger partial charge is 0.486 e. The number of ether oxygens (including phenoxy) is 1. The summed E-state index contributed by atoms with van der Waals surface area (Å²) in [7, 11) is 0. The highest BCUT2D eigenvalue weighted by molar-refractivity contribution is 5.99. The fourth-order valence-corrected chi connectivity index (χ4v) is 5.55. The first kappa shape index (κ1) is 23.3. The van der Waals surface area contributed by atoms with Crippen LogP contribution in [-0.2, 0) is 11.4 Å². The minimum absolute atomic E-state index is 0.0823. The predicted molar refractivity (Wildman–Crippen MR) is 141 cm³/mol. The van der Waals surface area contributed by atoms with Gasteiger partial charge in [0.05, 0.1) is 23.5 Å². The molecule has 0 saturated carbocycles. The van der Waals surface area contributed by atoms with Crippen molar-refractivity contribution in [1.29, 1.82) is 0 Å². The Hall–Kier alpha value is -4.13. The molecule has 1 N–H and O–H groups in total. The number of carbonyl (C=O) groups is 2. The number of nitrogens with zero attached hydrogens (tertiary/aromatic N) is 3. The Morgan fingerprint density at radius 3 is 2.54 bits per heavy atom. The number of fused-ring (bicyclic) bond motifs is 2. The van der Waals surface area contributed by atoms with E-state index in [1.807, 2.05) is 71.6 Å². The molecule has 0 aliphatic carbocycles. The van der Waals surface area contributed by atoms with Crippen LogP contribution in [0.4, 0.5) is 0 Å². The molecule has 2 aliphatic heterocycles. The van der Waals surface area contributed by atoms with Crippen LogP contribution in [-0.4, -0.2) is 39.4 Å². The first-order valence-corrected chi connectivity index (χ1v) is 12.9. The first-order chi connectivity index (χ1) is 18.1. The first-order valence-electron chi connectivity index (χ1n) is 12.9. The van der Waals surface area contributed by atoms with E-state index < -0.39 is 0 Å². The quantitative estimate of drug-likeness (QED) is 0.411. The lowest BCUT2D eigenvalue weighted by molar-refractivity contribution is -0.133. The van der Waals surface area contributed by atoms with E-state index in [0.717, 1.165) is 41.0 Å². The van der Waals surface area contributed by atoms with Gasteiger partial charge in [-0.1, -0.05) is 48.0 Å². The van der Waals surface area contributed by atoms with Crippen LogP contribution in [0.25, 0.3) is 11.0 Å². The van der Waals surface area contributed by atoms with Crippen LogP contribution in [0.3, 0.4) is 0 Å². The lowest BCUT2D eigenvalue weighted by Gasteiger charge is -2.34. The highest BCUT2D eigenvalue weighted by Gasteiger charge is 2.32. The number of imidazole rings is 1. The lowest BCUT2D eigenvalue weighted by Crippen LogP contribution is -2.40. The van der Waals surface area contributed by atoms with Crippen molar-refractivity contribution in [3.05, 3.63) is 95.3 Å². The van der Waals surface area contributed by atoms with Crippen molar-refractivity contribution in [2.75, 3.05) is 13.1 Å². The third-order valence-corrected chi connectivity index (χ3v) is 7.51. The normalized spacial score (nSPS) is 17.6. The number of nitrogens with one attached hydrogen (secondary N) is 1. The van der Waals surface area contributed by atoms with Crippen molar-refractivity contribution in [3.63, 3.8) is 0 Å². The maximum atomic E-state index is 13.2. The zero-order valence-electron chi connectivity index (χ0n) is 20.9. The minimum Gasteiger partial charge on any atom is -0.486 e. The van der Waals surface area contributed by atoms with E-state index >= 15 is 0 Å². The van der Waals surface area contributed by atoms with E-state index in [1.165, 1.54) is 5.56 Å². The molecule has 0 bridgehead atoms. The third-order valence-electron chi connectivity index (χ3n) is 7.51. The number of piperidine rings is 1. The molecule has 1 atom stereocenters. The molecule has 1 saturated heterocycles. The molecule has 3 heterocycles. The second kappa shape index (κ2) is 9.73. The van der Waals surface area contributed by atoms with Crippen molar-refractivity contribution in [1.82, 2.24) is 19.8 Å². The molecule has 3 aromatic carbocycles. The molecule has 6 rings (SSSR count). The van der Waals surface area contributed by atoms with Crippen LogP contribution >= 0.6 is 0 Å². The van der Waals surface area contributed by atoms with Gasteiger partial charge in [-0.3, -0.25) is 9.59 Å². The van der Waals surface area contributed by atoms with E-state index in [9.17, 15) is 9.59 Å². The zero-order chi connectivity index (χ0) is 25.4. The summed E-state index contributed by atoms with van der Waals surface area (Å²) >= 11 is 0. The molecule has 2 aliphatic rings. The van der Waals surface area contributed by atoms with Crippen LogP contribution in [0.2, 0.25) is 0 Å². The molecule has 1 aromatic heterocycles. The summed E-state index contributed by atoms with van der Waals surface area (Å²) in [6, 6.07) is 23.7. The molecule has 4 aromatic rings. The standard InChI is InChI=1S/C30H30N4O3/c1-20-10-12-22(13-11-20)37-19-28-31-25-8-4-5-9-27(25)34(28)21-14-16-33(17-15-21)29(35)18-26-23-6-2-3-7-24(23)30(36)32-26/h2-13,21,26H,14-19H2,1H3,(H,32,36). The Balaban J connectivity index is 1.14. The maximum absolute atomic E-state index is 13.2. The zero-order valence-corrected chi connectivity index (χ0v) is 20.9. The summed E-state index contributed by atoms with van der Waals surface area (Å²) in [5.41, 5.74) is 4.84. The van der Waals surface area contributed by atoms with Crippen molar-refractivity contribution in [3.8, 4) is 5.75 Å². The highest BCUT2D eigenvalue weighted by atomic mass is 16.5. The van der Waals surface area contributed by atoms with Gasteiger partial charge in [-0.05, 0) is 55.7 Å². The molecule has 1 fully saturated rings. The number of hydrogen-bond acceptors (Lipinski definition) is 4. The van der Waals surface area contributed by atoms with Gasteiger partial charge in [0.2, 0.25) is 5.91 Å². The van der Waals surface area contributed by atoms with Crippen molar-refractivity contribution in [2.24, 2.45) is 0 Å². The number of aromatic nitrogens is 2. The summed E-state index contributed by atoms with van der Waals surface area (Å²) in [4.78, 5) is 32.2. The van der Waals surface area contributed by atoms with Crippen LogP contribution in [0.15, 0.2) is 72.8 Å². The monoisotopic (exact) mass is 494 g/mol. The van der Waals surface area contributed by atoms with Gasteiger partial charge in [0.25, 0.3) is 5.91 Å². The fraction of sp³-hybridized carbons (Fsp3) is 0.300. The van der Waals surface area contributed by atoms with Gasteiger partial charge in [-0.25, -0.2) is 4.98 Å². The summed E-state index contributed by atoms with van der Waals surface area (Å²) < 4.78 is 8.40. The number of para-hydroxylation sites is 2. The molecular weight excluding hydrogens is 464 g/mol. The predicted octanol–water partition coefficient (Wildman–Crippen LogP) is 4.96. The van der Waals surface area contributed by atoms with E-state index in [2.05, 4.69) is 22.9 Å². The number of aryl methyl sites for hydroxylation is 1. The topological polar surface area (TPSA) is 76.5 Å². The van der Waals surface area contributed by atoms with Crippen LogP contribution < -0.4 is 10.1 Å². The van der Waals surface area contributed by atoms with Crippen LogP contribution in [0.5, 0.6) is 5.75 Å². The lowest BCUT2D eigenvalue weighted by atomic mass is 10.00. The van der Waals surface area contributed by atoms with Crippen molar-refractivity contribution < 1.29 is 14.3 Å². The molecule has 37 heavy (non-hydrogen) atoms. The molecule has 2 amide bonds. The molecule has 7 heteroatoms. The van der Waals surface area contributed by atoms with Gasteiger partial charge in [-0.15, -0.1) is 0 Å². The third kappa shape index (κ3) is 4.57. The minimum atomic E-state index is -0.253. The SMILES string of the molecule is Cc1ccc(OCc2nc3ccccc3n2C2CCN(C(=O)CC3NC(=O)c4ccccc43)CC2)cc1. The Kier molecular flexibility index (Phi) is 6.12. The molecular formula is C30H30N4O3. The molecule has 7 nitrogen and oxygen atoms in total. The van der Waals surface area contributed by atoms with E-state index in [-0.39, 0.29) is 30.3 Å². The molecule has 188 valence electrons. The Morgan fingerprint density at radius 2 is 1.73 bits per heavy atom. The number of likely N-dealkylation sites (tertiary alicyclic amines) is 1. The summed E-state index contributed by atoms with van der Waals surface area (Å²) in [6.07, 6.45) is 1.98. The van der Waals surface area contributed by atoms with Gasteiger partial charge >= 0.3 is 0 Å². The number of carbonyl (C=O) groups excluding carboxylic acids is 2. The summed E-state index contributed by atoms with van der Waals surface area (Å²) in [5, 5.41) is 2.97. The maximum Gasteiger partial charge on any atom is 0.252 e. The average Bonchev–Trinajstić information content (AvgIpc) is 3.45. The van der Waals surface area contributed by atoms with Gasteiger partial charge in [0.15, 0.2) is 0 Å². The van der Waals surface area contributed by atoms with Crippen molar-refractivity contribution in [2.45, 2.75) is 44.9 Å². The fourth-order valence-electron chi connectivity index (χ4n) is 5.55. The van der Waals surface area contributed by atoms with E-state index in [4.69, 9.17) is 9.72 Å². The summed E-state index contributed by atoms with van der Waals surface area (Å²) in [5.74, 6) is 1.71. The van der Waals surface area contributed by atoms with Crippen LogP contribution in [0, 0.1) is 6.92 Å². The van der Waals surface area contributed by atoms with Gasteiger partial charge < -0.3 is 19.5 Å². The second-order valence-electron chi connectivity index (χ2n) is 9.92. The molecule has 0 radical (unpaired) electrons. The smallest absolute Gasteiger partial charge is 0.252 e. The second-order valence-corrected chi connectivity index (χ2v) is 9.92. The van der Waals surface area contributed by atoms with Crippen molar-refractivity contribution >= 4 is 22.8 Å². The Labute approximate surface area is 216 Å². The number of hydrogen-bond donors (Lipinski definition) is 1. The van der Waals surface area contributed by atoms with Gasteiger partial charge in [0, 0.05) is 24.7 Å². The van der Waals surface area contributed by atoms with Gasteiger partial charge in [0.1, 0.15) is 18.2 Å². The number of benzene rings is 3. The number of rotatable bonds is 6. The van der Waals surface area contributed by atoms with E-state index in [0.29, 0.717) is 25.3 Å². The molecule has 1 unspecified atom stereocenters. The average molecular weight is 495 g/mol. The van der Waals surface area contributed by atoms with Gasteiger partial charge in [-0.2, -0.15) is 0 Å². The number of amides is 2. The summed E-state index contributed by atoms with van der Waals surface area (Å²) in [6.45, 7) is 3.80.